The smallest absolute Gasteiger partial charge is 0.147 e. The maximum Gasteiger partial charge on any atom is 0.147 e. The fourth-order valence-electron chi connectivity index (χ4n) is 2.79. The van der Waals surface area contributed by atoms with Crippen LogP contribution in [0.25, 0.3) is 0 Å². The van der Waals surface area contributed by atoms with Crippen LogP contribution < -0.4 is 10.6 Å². The van der Waals surface area contributed by atoms with Crippen molar-refractivity contribution >= 4 is 11.7 Å². The highest BCUT2D eigenvalue weighted by Crippen LogP contribution is 2.38. The van der Waals surface area contributed by atoms with Gasteiger partial charge in [-0.1, -0.05) is 26.7 Å². The Morgan fingerprint density at radius 1 is 1.26 bits per heavy atom. The van der Waals surface area contributed by atoms with E-state index in [1.165, 1.54) is 25.7 Å². The number of hydrogen-bond acceptors (Lipinski definition) is 4. The summed E-state index contributed by atoms with van der Waals surface area (Å²) in [6, 6.07) is 0. The van der Waals surface area contributed by atoms with Crippen LogP contribution in [-0.2, 0) is 0 Å². The summed E-state index contributed by atoms with van der Waals surface area (Å²) in [4.78, 5) is 10.8. The summed E-state index contributed by atoms with van der Waals surface area (Å²) in [7, 11) is 0. The molecule has 1 fully saturated rings. The van der Waals surface area contributed by atoms with Crippen molar-refractivity contribution < 1.29 is 0 Å². The maximum absolute atomic E-state index is 7.31. The fraction of sp³-hybridized carbons (Fsp3) is 0.643. The minimum Gasteiger partial charge on any atom is -0.382 e. The summed E-state index contributed by atoms with van der Waals surface area (Å²) in [5, 5.41) is 7.31. The fourth-order valence-corrected chi connectivity index (χ4v) is 2.79. The van der Waals surface area contributed by atoms with Crippen molar-refractivity contribution in [2.75, 3.05) is 18.0 Å². The number of rotatable bonds is 4. The second-order valence-corrected chi connectivity index (χ2v) is 5.37. The van der Waals surface area contributed by atoms with E-state index in [4.69, 9.17) is 11.1 Å². The highest BCUT2D eigenvalue weighted by molar-refractivity contribution is 5.92. The van der Waals surface area contributed by atoms with E-state index in [2.05, 4.69) is 28.7 Å². The number of nitrogens with zero attached hydrogens (tertiary/aromatic N) is 3. The minimum absolute atomic E-state index is 0.0336. The first kappa shape index (κ1) is 13.8. The second-order valence-electron chi connectivity index (χ2n) is 5.37. The van der Waals surface area contributed by atoms with Gasteiger partial charge in [-0.25, -0.2) is 9.97 Å². The number of nitrogens with two attached hydrogens (primary N) is 1. The van der Waals surface area contributed by atoms with Crippen molar-refractivity contribution in [3.8, 4) is 0 Å². The minimum atomic E-state index is -0.0336. The number of aromatic nitrogens is 2. The molecule has 1 saturated heterocycles. The van der Waals surface area contributed by atoms with Gasteiger partial charge in [-0.3, -0.25) is 5.41 Å². The third kappa shape index (κ3) is 2.85. The molecule has 0 aliphatic carbocycles. The van der Waals surface area contributed by atoms with Crippen molar-refractivity contribution in [3.63, 3.8) is 0 Å². The molecular formula is C14H23N5. The van der Waals surface area contributed by atoms with Gasteiger partial charge < -0.3 is 10.6 Å². The Morgan fingerprint density at radius 3 is 2.32 bits per heavy atom. The van der Waals surface area contributed by atoms with E-state index in [0.717, 1.165) is 18.9 Å². The largest absolute Gasteiger partial charge is 0.382 e. The molecule has 0 spiro atoms. The Kier molecular flexibility index (Phi) is 4.02. The quantitative estimate of drug-likeness (QED) is 0.643. The molecule has 0 bridgehead atoms. The molecule has 2 rings (SSSR count). The molecule has 0 amide bonds. The molecule has 0 atom stereocenters. The van der Waals surface area contributed by atoms with Crippen LogP contribution in [0.5, 0.6) is 0 Å². The molecule has 0 unspecified atom stereocenters. The Bertz CT molecular complexity index is 426. The Labute approximate surface area is 114 Å². The molecule has 0 saturated carbocycles. The van der Waals surface area contributed by atoms with E-state index in [-0.39, 0.29) is 5.84 Å². The molecule has 1 aromatic rings. The highest BCUT2D eigenvalue weighted by Gasteiger charge is 2.31. The maximum atomic E-state index is 7.31. The summed E-state index contributed by atoms with van der Waals surface area (Å²) in [6.45, 7) is 6.66. The lowest BCUT2D eigenvalue weighted by molar-refractivity contribution is 0.199. The van der Waals surface area contributed by atoms with Gasteiger partial charge in [0.15, 0.2) is 0 Å². The monoisotopic (exact) mass is 261 g/mol. The molecule has 5 nitrogen and oxygen atoms in total. The average molecular weight is 261 g/mol. The van der Waals surface area contributed by atoms with Gasteiger partial charge >= 0.3 is 0 Å². The van der Waals surface area contributed by atoms with Crippen molar-refractivity contribution in [3.05, 3.63) is 18.1 Å². The van der Waals surface area contributed by atoms with Crippen molar-refractivity contribution in [2.24, 2.45) is 11.1 Å². The van der Waals surface area contributed by atoms with Crippen LogP contribution in [0, 0.1) is 10.8 Å². The van der Waals surface area contributed by atoms with E-state index >= 15 is 0 Å². The zero-order valence-electron chi connectivity index (χ0n) is 11.8. The molecule has 5 heteroatoms. The average Bonchev–Trinajstić information content (AvgIpc) is 2.47. The highest BCUT2D eigenvalue weighted by atomic mass is 15.2. The van der Waals surface area contributed by atoms with Gasteiger partial charge in [0, 0.05) is 13.1 Å². The second kappa shape index (κ2) is 5.55. The van der Waals surface area contributed by atoms with Crippen LogP contribution in [0.4, 0.5) is 5.82 Å². The Hall–Kier alpha value is -1.65. The predicted octanol–water partition coefficient (Wildman–Crippen LogP) is 2.17. The third-order valence-electron chi connectivity index (χ3n) is 4.56. The molecular weight excluding hydrogens is 238 g/mol. The summed E-state index contributed by atoms with van der Waals surface area (Å²) in [6.07, 6.45) is 8.26. The molecule has 0 radical (unpaired) electrons. The molecule has 0 aromatic carbocycles. The number of nitrogen functional groups attached to an aromatic ring is 1. The lowest BCUT2D eigenvalue weighted by Crippen LogP contribution is -2.40. The molecule has 3 N–H and O–H groups in total. The molecule has 1 aromatic heterocycles. The first-order valence-electron chi connectivity index (χ1n) is 7.01. The van der Waals surface area contributed by atoms with Crippen LogP contribution >= 0.6 is 0 Å². The van der Waals surface area contributed by atoms with Gasteiger partial charge in [-0.05, 0) is 18.3 Å². The van der Waals surface area contributed by atoms with Crippen LogP contribution in [0.2, 0.25) is 0 Å². The standard InChI is InChI=1S/C14H23N5/c1-3-14(4-2)5-7-19(8-6-14)12-10-17-11(9-18-12)13(15)16/h9-10H,3-8H2,1-2H3,(H3,15,16). The lowest BCUT2D eigenvalue weighted by Gasteiger charge is -2.41. The van der Waals surface area contributed by atoms with E-state index in [9.17, 15) is 0 Å². The summed E-state index contributed by atoms with van der Waals surface area (Å²) < 4.78 is 0. The molecule has 19 heavy (non-hydrogen) atoms. The number of anilines is 1. The molecule has 2 heterocycles. The third-order valence-corrected chi connectivity index (χ3v) is 4.56. The summed E-state index contributed by atoms with van der Waals surface area (Å²) in [5.41, 5.74) is 6.34. The van der Waals surface area contributed by atoms with E-state index in [1.54, 1.807) is 12.4 Å². The van der Waals surface area contributed by atoms with Gasteiger partial charge in [-0.2, -0.15) is 0 Å². The lowest BCUT2D eigenvalue weighted by atomic mass is 9.74. The topological polar surface area (TPSA) is 78.9 Å². The number of amidine groups is 1. The first-order chi connectivity index (χ1) is 9.10. The molecule has 1 aliphatic rings. The van der Waals surface area contributed by atoms with Crippen molar-refractivity contribution in [2.45, 2.75) is 39.5 Å². The molecule has 104 valence electrons. The van der Waals surface area contributed by atoms with Crippen LogP contribution in [-0.4, -0.2) is 28.9 Å². The SMILES string of the molecule is CCC1(CC)CCN(c2cnc(C(=N)N)cn2)CC1. The van der Waals surface area contributed by atoms with Gasteiger partial charge in [0.2, 0.25) is 0 Å². The normalized spacial score (nSPS) is 18.3. The Balaban J connectivity index is 2.03. The van der Waals surface area contributed by atoms with Crippen molar-refractivity contribution in [1.29, 1.82) is 5.41 Å². The Morgan fingerprint density at radius 2 is 1.89 bits per heavy atom. The van der Waals surface area contributed by atoms with E-state index in [0.29, 0.717) is 11.1 Å². The van der Waals surface area contributed by atoms with Gasteiger partial charge in [0.25, 0.3) is 0 Å². The number of hydrogen-bond donors (Lipinski definition) is 2. The van der Waals surface area contributed by atoms with Gasteiger partial charge in [0.05, 0.1) is 12.4 Å². The van der Waals surface area contributed by atoms with Crippen LogP contribution in [0.3, 0.4) is 0 Å². The zero-order chi connectivity index (χ0) is 13.9. The van der Waals surface area contributed by atoms with E-state index < -0.39 is 0 Å². The van der Waals surface area contributed by atoms with Crippen LogP contribution in [0.15, 0.2) is 12.4 Å². The number of nitrogens with one attached hydrogen (secondary N) is 1. The first-order valence-corrected chi connectivity index (χ1v) is 7.01. The van der Waals surface area contributed by atoms with E-state index in [1.807, 2.05) is 0 Å². The summed E-state index contributed by atoms with van der Waals surface area (Å²) >= 11 is 0. The zero-order valence-corrected chi connectivity index (χ0v) is 11.8. The van der Waals surface area contributed by atoms with Crippen LogP contribution in [0.1, 0.15) is 45.2 Å². The predicted molar refractivity (Wildman–Crippen MR) is 77.5 cm³/mol. The van der Waals surface area contributed by atoms with Crippen molar-refractivity contribution in [1.82, 2.24) is 9.97 Å². The summed E-state index contributed by atoms with van der Waals surface area (Å²) in [5.74, 6) is 0.861. The van der Waals surface area contributed by atoms with Gasteiger partial charge in [0.1, 0.15) is 17.3 Å². The number of piperidine rings is 1. The molecule has 1 aliphatic heterocycles. The van der Waals surface area contributed by atoms with Gasteiger partial charge in [-0.15, -0.1) is 0 Å².